The molecule has 1 aromatic heterocycles. The molecule has 10 heteroatoms. The molecule has 0 aliphatic carbocycles. The van der Waals surface area contributed by atoms with E-state index in [4.69, 9.17) is 10.8 Å². The number of aliphatic hydroxyl groups is 1. The maximum Gasteiger partial charge on any atom is 0.247 e. The van der Waals surface area contributed by atoms with Crippen molar-refractivity contribution in [3.05, 3.63) is 13.6 Å². The van der Waals surface area contributed by atoms with Crippen LogP contribution in [-0.2, 0) is 14.8 Å². The van der Waals surface area contributed by atoms with Crippen molar-refractivity contribution < 1.29 is 18.3 Å². The highest BCUT2D eigenvalue weighted by atomic mass is 79.9. The number of halogens is 2. The van der Waals surface area contributed by atoms with E-state index in [1.807, 2.05) is 0 Å². The summed E-state index contributed by atoms with van der Waals surface area (Å²) in [6, 6.07) is 1.41. The van der Waals surface area contributed by atoms with Gasteiger partial charge in [0.2, 0.25) is 15.9 Å². The van der Waals surface area contributed by atoms with Crippen LogP contribution in [0.4, 0.5) is 0 Å². The second-order valence-electron chi connectivity index (χ2n) is 2.96. The summed E-state index contributed by atoms with van der Waals surface area (Å²) in [4.78, 5) is 10.6. The van der Waals surface area contributed by atoms with Gasteiger partial charge in [-0.15, -0.1) is 11.3 Å². The predicted molar refractivity (Wildman–Crippen MR) is 70.1 cm³/mol. The molecule has 1 aromatic rings. The lowest BCUT2D eigenvalue weighted by Crippen LogP contribution is -2.39. The number of nitrogens with two attached hydrogens (primary N) is 1. The molecule has 0 saturated heterocycles. The number of hydrogen-bond acceptors (Lipinski definition) is 5. The molecular weight excluding hydrogens is 400 g/mol. The molecule has 0 radical (unpaired) electrons. The third-order valence-corrected chi connectivity index (χ3v) is 5.89. The zero-order valence-electron chi connectivity index (χ0n) is 8.18. The van der Waals surface area contributed by atoms with Gasteiger partial charge < -0.3 is 10.8 Å². The molecule has 1 atom stereocenters. The lowest BCUT2D eigenvalue weighted by Gasteiger charge is -2.08. The van der Waals surface area contributed by atoms with Gasteiger partial charge in [0.05, 0.1) is 7.57 Å². The van der Waals surface area contributed by atoms with E-state index in [0.29, 0.717) is 7.57 Å². The van der Waals surface area contributed by atoms with Crippen LogP contribution in [0.25, 0.3) is 0 Å². The minimum absolute atomic E-state index is 0.0334. The van der Waals surface area contributed by atoms with Crippen molar-refractivity contribution in [3.63, 3.8) is 0 Å². The van der Waals surface area contributed by atoms with Crippen LogP contribution in [0.5, 0.6) is 0 Å². The standard InChI is InChI=1S/C7H8Br2N2O4S2/c8-5-1-4(6(9)16-5)17(14,15)11-2-3(12)7(10)13/h1,3,11-12H,2H2,(H2,10,13). The number of sulfonamides is 1. The number of nitrogens with one attached hydrogen (secondary N) is 1. The maximum absolute atomic E-state index is 11.8. The van der Waals surface area contributed by atoms with E-state index in [-0.39, 0.29) is 4.90 Å². The fourth-order valence-corrected chi connectivity index (χ4v) is 5.72. The Hall–Kier alpha value is -0.000000000000000333. The minimum Gasteiger partial charge on any atom is -0.382 e. The van der Waals surface area contributed by atoms with Crippen LogP contribution >= 0.6 is 43.2 Å². The summed E-state index contributed by atoms with van der Waals surface area (Å²) >= 11 is 7.45. The lowest BCUT2D eigenvalue weighted by molar-refractivity contribution is -0.125. The molecular formula is C7H8Br2N2O4S2. The molecule has 0 fully saturated rings. The van der Waals surface area contributed by atoms with Crippen LogP contribution in [0, 0.1) is 0 Å². The predicted octanol–water partition coefficient (Wildman–Crippen LogP) is 0.398. The number of thiophene rings is 1. The van der Waals surface area contributed by atoms with Gasteiger partial charge in [-0.25, -0.2) is 13.1 Å². The van der Waals surface area contributed by atoms with E-state index < -0.39 is 28.6 Å². The van der Waals surface area contributed by atoms with E-state index in [2.05, 4.69) is 36.6 Å². The molecule has 0 aliphatic rings. The molecule has 17 heavy (non-hydrogen) atoms. The quantitative estimate of drug-likeness (QED) is 0.655. The van der Waals surface area contributed by atoms with Crippen LogP contribution in [0.15, 0.2) is 18.5 Å². The van der Waals surface area contributed by atoms with E-state index in [0.717, 1.165) is 0 Å². The zero-order chi connectivity index (χ0) is 13.2. The van der Waals surface area contributed by atoms with Gasteiger partial charge >= 0.3 is 0 Å². The van der Waals surface area contributed by atoms with Gasteiger partial charge in [0, 0.05) is 6.54 Å². The van der Waals surface area contributed by atoms with Crippen molar-refractivity contribution in [1.82, 2.24) is 4.72 Å². The SMILES string of the molecule is NC(=O)C(O)CNS(=O)(=O)c1cc(Br)sc1Br. The molecule has 6 nitrogen and oxygen atoms in total. The average molecular weight is 408 g/mol. The zero-order valence-corrected chi connectivity index (χ0v) is 13.0. The summed E-state index contributed by atoms with van der Waals surface area (Å²) in [5, 5.41) is 9.09. The van der Waals surface area contributed by atoms with Crippen molar-refractivity contribution in [2.24, 2.45) is 5.73 Å². The summed E-state index contributed by atoms with van der Waals surface area (Å²) in [7, 11) is -3.78. The molecule has 1 unspecified atom stereocenters. The minimum atomic E-state index is -3.78. The van der Waals surface area contributed by atoms with Gasteiger partial charge in [0.1, 0.15) is 11.0 Å². The number of amides is 1. The second kappa shape index (κ2) is 5.76. The molecule has 0 aliphatic heterocycles. The number of carbonyl (C=O) groups is 1. The Labute approximate surface area is 119 Å². The first-order valence-electron chi connectivity index (χ1n) is 4.16. The molecule has 4 N–H and O–H groups in total. The summed E-state index contributed by atoms with van der Waals surface area (Å²) in [5.41, 5.74) is 4.80. The molecule has 0 saturated carbocycles. The Bertz CT molecular complexity index is 528. The van der Waals surface area contributed by atoms with Crippen LogP contribution in [-0.4, -0.2) is 32.1 Å². The summed E-state index contributed by atoms with van der Waals surface area (Å²) in [6.07, 6.45) is -1.55. The van der Waals surface area contributed by atoms with Crippen molar-refractivity contribution in [3.8, 4) is 0 Å². The highest BCUT2D eigenvalue weighted by Crippen LogP contribution is 2.34. The average Bonchev–Trinajstić information content (AvgIpc) is 2.55. The second-order valence-corrected chi connectivity index (χ2v) is 8.44. The third kappa shape index (κ3) is 4.00. The first kappa shape index (κ1) is 15.1. The summed E-state index contributed by atoms with van der Waals surface area (Å²) in [5.74, 6) is -0.988. The molecule has 96 valence electrons. The first-order chi connectivity index (χ1) is 7.74. The summed E-state index contributed by atoms with van der Waals surface area (Å²) < 4.78 is 26.7. The van der Waals surface area contributed by atoms with Crippen molar-refractivity contribution in [1.29, 1.82) is 0 Å². The Morgan fingerprint density at radius 2 is 2.18 bits per heavy atom. The molecule has 1 heterocycles. The molecule has 0 bridgehead atoms. The summed E-state index contributed by atoms with van der Waals surface area (Å²) in [6.45, 7) is -0.461. The van der Waals surface area contributed by atoms with Gasteiger partial charge in [-0.1, -0.05) is 0 Å². The van der Waals surface area contributed by atoms with E-state index >= 15 is 0 Å². The fourth-order valence-electron chi connectivity index (χ4n) is 0.875. The normalized spacial score (nSPS) is 13.6. The highest BCUT2D eigenvalue weighted by Gasteiger charge is 2.22. The van der Waals surface area contributed by atoms with Gasteiger partial charge in [0.15, 0.2) is 0 Å². The number of carbonyl (C=O) groups excluding carboxylic acids is 1. The Morgan fingerprint density at radius 3 is 2.59 bits per heavy atom. The van der Waals surface area contributed by atoms with Crippen LogP contribution < -0.4 is 10.5 Å². The number of hydrogen-bond donors (Lipinski definition) is 3. The Balaban J connectivity index is 2.83. The van der Waals surface area contributed by atoms with Gasteiger partial charge in [-0.3, -0.25) is 4.79 Å². The van der Waals surface area contributed by atoms with Gasteiger partial charge in [-0.05, 0) is 37.9 Å². The molecule has 1 amide bonds. The monoisotopic (exact) mass is 406 g/mol. The van der Waals surface area contributed by atoms with E-state index in [1.54, 1.807) is 0 Å². The Morgan fingerprint density at radius 1 is 1.59 bits per heavy atom. The van der Waals surface area contributed by atoms with E-state index in [1.165, 1.54) is 17.4 Å². The van der Waals surface area contributed by atoms with Crippen LogP contribution in [0.1, 0.15) is 0 Å². The fraction of sp³-hybridized carbons (Fsp3) is 0.286. The van der Waals surface area contributed by atoms with Crippen molar-refractivity contribution in [2.45, 2.75) is 11.0 Å². The number of aliphatic hydroxyl groups excluding tert-OH is 1. The molecule has 0 spiro atoms. The van der Waals surface area contributed by atoms with Crippen LogP contribution in [0.2, 0.25) is 0 Å². The highest BCUT2D eigenvalue weighted by molar-refractivity contribution is 9.12. The maximum atomic E-state index is 11.8. The lowest BCUT2D eigenvalue weighted by atomic mass is 10.3. The van der Waals surface area contributed by atoms with Crippen LogP contribution in [0.3, 0.4) is 0 Å². The van der Waals surface area contributed by atoms with Gasteiger partial charge in [0.25, 0.3) is 0 Å². The molecule has 0 aromatic carbocycles. The smallest absolute Gasteiger partial charge is 0.247 e. The largest absolute Gasteiger partial charge is 0.382 e. The third-order valence-electron chi connectivity index (χ3n) is 1.71. The first-order valence-corrected chi connectivity index (χ1v) is 8.04. The van der Waals surface area contributed by atoms with E-state index in [9.17, 15) is 13.2 Å². The topological polar surface area (TPSA) is 109 Å². The number of primary amides is 1. The van der Waals surface area contributed by atoms with Crippen molar-refractivity contribution in [2.75, 3.05) is 6.54 Å². The van der Waals surface area contributed by atoms with Crippen molar-refractivity contribution >= 4 is 59.1 Å². The van der Waals surface area contributed by atoms with Gasteiger partial charge in [-0.2, -0.15) is 0 Å². The number of rotatable bonds is 5. The molecule has 1 rings (SSSR count). The Kier molecular flexibility index (Phi) is 5.10.